The van der Waals surface area contributed by atoms with Crippen LogP contribution >= 0.6 is 0 Å². The summed E-state index contributed by atoms with van der Waals surface area (Å²) in [5, 5.41) is 7.45. The summed E-state index contributed by atoms with van der Waals surface area (Å²) in [5.74, 6) is 0. The Bertz CT molecular complexity index is 3890. The van der Waals surface area contributed by atoms with Crippen LogP contribution in [0.1, 0.15) is 23.6 Å². The van der Waals surface area contributed by atoms with E-state index in [0.717, 1.165) is 28.2 Å². The molecule has 1 atom stereocenters. The van der Waals surface area contributed by atoms with Crippen molar-refractivity contribution in [2.24, 2.45) is 0 Å². The molecule has 12 aromatic rings. The van der Waals surface area contributed by atoms with Gasteiger partial charge in [-0.3, -0.25) is 0 Å². The quantitative estimate of drug-likeness (QED) is 0.138. The fraction of sp³-hybridized carbons (Fsp3) is 0.0294. The molecule has 0 bridgehead atoms. The highest BCUT2D eigenvalue weighted by Crippen LogP contribution is 2.58. The van der Waals surface area contributed by atoms with Gasteiger partial charge in [0.1, 0.15) is 0 Å². The van der Waals surface area contributed by atoms with Crippen molar-refractivity contribution >= 4 is 49.4 Å². The topological polar surface area (TPSA) is 3.24 Å². The molecule has 0 heterocycles. The maximum Gasteiger partial charge on any atom is 0.0540 e. The average Bonchev–Trinajstić information content (AvgIpc) is 3.70. The Morgan fingerprint density at radius 2 is 0.841 bits per heavy atom. The summed E-state index contributed by atoms with van der Waals surface area (Å²) in [6.07, 6.45) is 0. The molecule has 0 radical (unpaired) electrons. The molecular formula is C68H47N. The van der Waals surface area contributed by atoms with E-state index >= 15 is 0 Å². The molecule has 0 spiro atoms. The molecule has 0 saturated heterocycles. The second-order valence-electron chi connectivity index (χ2n) is 18.5. The summed E-state index contributed by atoms with van der Waals surface area (Å²) in [7, 11) is 0. The number of hydrogen-bond donors (Lipinski definition) is 0. The highest BCUT2D eigenvalue weighted by atomic mass is 15.1. The molecule has 0 amide bonds. The predicted octanol–water partition coefficient (Wildman–Crippen LogP) is 18.6. The van der Waals surface area contributed by atoms with E-state index < -0.39 is 5.41 Å². The third-order valence-corrected chi connectivity index (χ3v) is 14.7. The monoisotopic (exact) mass is 877 g/mol. The minimum atomic E-state index is -0.426. The number of para-hydroxylation sites is 1. The van der Waals surface area contributed by atoms with Crippen LogP contribution in [0.5, 0.6) is 0 Å². The first-order valence-corrected chi connectivity index (χ1v) is 24.0. The van der Waals surface area contributed by atoms with Gasteiger partial charge in [0.05, 0.1) is 11.4 Å². The highest BCUT2D eigenvalue weighted by Gasteiger charge is 2.43. The lowest BCUT2D eigenvalue weighted by atomic mass is 9.73. The smallest absolute Gasteiger partial charge is 0.0540 e. The number of nitrogens with zero attached hydrogens (tertiary/aromatic N) is 1. The molecule has 12 aromatic carbocycles. The number of hydrogen-bond acceptors (Lipinski definition) is 1. The molecule has 324 valence electrons. The van der Waals surface area contributed by atoms with Crippen LogP contribution in [-0.2, 0) is 5.41 Å². The van der Waals surface area contributed by atoms with E-state index in [2.05, 4.69) is 279 Å². The minimum Gasteiger partial charge on any atom is -0.310 e. The summed E-state index contributed by atoms with van der Waals surface area (Å²) in [4.78, 5) is 2.53. The zero-order chi connectivity index (χ0) is 45.9. The highest BCUT2D eigenvalue weighted by molar-refractivity contribution is 6.22. The second-order valence-corrected chi connectivity index (χ2v) is 18.5. The largest absolute Gasteiger partial charge is 0.310 e. The number of benzene rings is 12. The zero-order valence-corrected chi connectivity index (χ0v) is 38.4. The molecule has 0 N–H and O–H groups in total. The van der Waals surface area contributed by atoms with Crippen molar-refractivity contribution < 1.29 is 0 Å². The Morgan fingerprint density at radius 3 is 1.59 bits per heavy atom. The Kier molecular flexibility index (Phi) is 9.70. The summed E-state index contributed by atoms with van der Waals surface area (Å²) in [6.45, 7) is 2.42. The van der Waals surface area contributed by atoms with Crippen LogP contribution < -0.4 is 4.90 Å². The van der Waals surface area contributed by atoms with E-state index in [4.69, 9.17) is 0 Å². The molecule has 1 nitrogen and oxygen atoms in total. The van der Waals surface area contributed by atoms with Crippen LogP contribution in [0.4, 0.5) is 17.1 Å². The van der Waals surface area contributed by atoms with Crippen molar-refractivity contribution in [1.29, 1.82) is 0 Å². The van der Waals surface area contributed by atoms with Crippen LogP contribution in [0.15, 0.2) is 267 Å². The van der Waals surface area contributed by atoms with Crippen LogP contribution in [0.2, 0.25) is 0 Å². The Labute approximate surface area is 403 Å². The van der Waals surface area contributed by atoms with E-state index in [9.17, 15) is 0 Å². The summed E-state index contributed by atoms with van der Waals surface area (Å²) >= 11 is 0. The zero-order valence-electron chi connectivity index (χ0n) is 38.4. The van der Waals surface area contributed by atoms with Crippen molar-refractivity contribution in [1.82, 2.24) is 0 Å². The van der Waals surface area contributed by atoms with Crippen molar-refractivity contribution in [2.45, 2.75) is 12.3 Å². The Hall–Kier alpha value is -8.78. The SMILES string of the molecule is CC1(c2ccccc2)c2ccccc2-c2cccc(N(c3ccc(-c4ccc5ccccc5c4)cc3)c3ccccc3-c3ccc4c(c3)c(-c3ccccc3)c(-c3ccccc3)c3ccccc34)c21. The molecule has 1 unspecified atom stereocenters. The van der Waals surface area contributed by atoms with Gasteiger partial charge in [-0.25, -0.2) is 0 Å². The molecule has 0 aliphatic heterocycles. The number of rotatable bonds is 8. The van der Waals surface area contributed by atoms with Crippen molar-refractivity contribution in [3.63, 3.8) is 0 Å². The molecule has 13 rings (SSSR count). The normalized spacial score (nSPS) is 13.9. The van der Waals surface area contributed by atoms with Gasteiger partial charge in [-0.05, 0) is 142 Å². The van der Waals surface area contributed by atoms with Gasteiger partial charge in [0.25, 0.3) is 0 Å². The van der Waals surface area contributed by atoms with Gasteiger partial charge in [-0.15, -0.1) is 0 Å². The summed E-state index contributed by atoms with van der Waals surface area (Å²) in [6, 6.07) is 98.5. The number of fused-ring (bicyclic) bond motifs is 7. The first-order chi connectivity index (χ1) is 34.1. The fourth-order valence-electron chi connectivity index (χ4n) is 11.5. The first kappa shape index (κ1) is 40.5. The maximum absolute atomic E-state index is 2.53. The second kappa shape index (κ2) is 16.5. The fourth-order valence-corrected chi connectivity index (χ4v) is 11.5. The van der Waals surface area contributed by atoms with Crippen molar-refractivity contribution in [3.05, 3.63) is 284 Å². The van der Waals surface area contributed by atoms with Gasteiger partial charge in [-0.2, -0.15) is 0 Å². The van der Waals surface area contributed by atoms with Crippen LogP contribution in [0.3, 0.4) is 0 Å². The average molecular weight is 878 g/mol. The Morgan fingerprint density at radius 1 is 0.304 bits per heavy atom. The molecule has 1 aliphatic carbocycles. The molecule has 0 aromatic heterocycles. The van der Waals surface area contributed by atoms with Crippen LogP contribution in [0.25, 0.3) is 88.0 Å². The van der Waals surface area contributed by atoms with Gasteiger partial charge in [0.2, 0.25) is 0 Å². The van der Waals surface area contributed by atoms with Gasteiger partial charge >= 0.3 is 0 Å². The standard InChI is InChI=1S/C68H47N/c1-68(53-26-9-4-10-27-53)62-33-17-15-30-58(62)60-32-19-35-64(67(60)68)69(54-41-38-47(39-42-54)51-37-36-46-20-11-12-25-50(46)44-51)63-34-18-16-28-55(63)52-40-43-57-56-29-13-14-31-59(56)65(48-21-5-2-6-22-48)66(61(57)45-52)49-23-7-3-8-24-49/h2-45H,1H3. The maximum atomic E-state index is 2.53. The molecule has 1 aliphatic rings. The molecule has 69 heavy (non-hydrogen) atoms. The molecule has 1 heteroatoms. The molecular weight excluding hydrogens is 831 g/mol. The van der Waals surface area contributed by atoms with E-state index in [1.807, 2.05) is 0 Å². The van der Waals surface area contributed by atoms with Gasteiger partial charge in [0, 0.05) is 16.7 Å². The molecule has 0 saturated carbocycles. The van der Waals surface area contributed by atoms with Crippen LogP contribution in [-0.4, -0.2) is 0 Å². The van der Waals surface area contributed by atoms with E-state index in [0.29, 0.717) is 0 Å². The third-order valence-electron chi connectivity index (χ3n) is 14.7. The Balaban J connectivity index is 1.07. The van der Waals surface area contributed by atoms with Gasteiger partial charge < -0.3 is 4.90 Å². The number of anilines is 3. The lowest BCUT2D eigenvalue weighted by molar-refractivity contribution is 0.714. The van der Waals surface area contributed by atoms with E-state index in [1.54, 1.807) is 0 Å². The molecule has 0 fully saturated rings. The summed E-state index contributed by atoms with van der Waals surface area (Å²) in [5.41, 5.74) is 19.0. The van der Waals surface area contributed by atoms with E-state index in [1.165, 1.54) is 93.5 Å². The van der Waals surface area contributed by atoms with Gasteiger partial charge in [0.15, 0.2) is 0 Å². The first-order valence-electron chi connectivity index (χ1n) is 24.0. The van der Waals surface area contributed by atoms with E-state index in [-0.39, 0.29) is 0 Å². The summed E-state index contributed by atoms with van der Waals surface area (Å²) < 4.78 is 0. The predicted molar refractivity (Wildman–Crippen MR) is 293 cm³/mol. The van der Waals surface area contributed by atoms with Crippen molar-refractivity contribution in [3.8, 4) is 55.6 Å². The lowest BCUT2D eigenvalue weighted by Gasteiger charge is -2.35. The minimum absolute atomic E-state index is 0.426. The van der Waals surface area contributed by atoms with Gasteiger partial charge in [-0.1, -0.05) is 231 Å². The lowest BCUT2D eigenvalue weighted by Crippen LogP contribution is -2.25. The van der Waals surface area contributed by atoms with Crippen LogP contribution in [0, 0.1) is 0 Å². The van der Waals surface area contributed by atoms with Crippen molar-refractivity contribution in [2.75, 3.05) is 4.90 Å². The third kappa shape index (κ3) is 6.61.